The number of nitrogens with zero attached hydrogens (tertiary/aromatic N) is 2. The molecule has 2 aliphatic heterocycles. The highest BCUT2D eigenvalue weighted by Crippen LogP contribution is 2.35. The molecule has 0 aromatic heterocycles. The Labute approximate surface area is 154 Å². The Morgan fingerprint density at radius 1 is 0.923 bits per heavy atom. The average molecular weight is 374 g/mol. The summed E-state index contributed by atoms with van der Waals surface area (Å²) >= 11 is 0. The number of sulfonamides is 1. The molecule has 0 aliphatic carbocycles. The van der Waals surface area contributed by atoms with E-state index in [4.69, 9.17) is 0 Å². The molecule has 0 atom stereocenters. The van der Waals surface area contributed by atoms with E-state index in [1.807, 2.05) is 6.07 Å². The van der Waals surface area contributed by atoms with Crippen LogP contribution in [0.3, 0.4) is 0 Å². The van der Waals surface area contributed by atoms with Crippen LogP contribution in [0, 0.1) is 5.82 Å². The van der Waals surface area contributed by atoms with Crippen LogP contribution in [0.5, 0.6) is 0 Å². The van der Waals surface area contributed by atoms with E-state index in [1.54, 1.807) is 16.4 Å². The SMILES string of the molecule is O=S(=O)(Cc1ccc(F)cc1)N1CCCc2ccc(N3CCCC3)cc21. The normalized spacial score (nSPS) is 17.4. The van der Waals surface area contributed by atoms with Gasteiger partial charge in [0.15, 0.2) is 0 Å². The summed E-state index contributed by atoms with van der Waals surface area (Å²) in [5.74, 6) is -0.467. The van der Waals surface area contributed by atoms with Crippen molar-refractivity contribution in [3.63, 3.8) is 0 Å². The van der Waals surface area contributed by atoms with Gasteiger partial charge < -0.3 is 4.90 Å². The summed E-state index contributed by atoms with van der Waals surface area (Å²) in [4.78, 5) is 2.32. The molecule has 6 heteroatoms. The van der Waals surface area contributed by atoms with Gasteiger partial charge in [0.05, 0.1) is 11.4 Å². The number of rotatable bonds is 4. The maximum Gasteiger partial charge on any atom is 0.239 e. The number of fused-ring (bicyclic) bond motifs is 1. The summed E-state index contributed by atoms with van der Waals surface area (Å²) in [5.41, 5.74) is 3.60. The highest BCUT2D eigenvalue weighted by Gasteiger charge is 2.28. The maximum atomic E-state index is 13.1. The lowest BCUT2D eigenvalue weighted by molar-refractivity contribution is 0.585. The molecule has 26 heavy (non-hydrogen) atoms. The second kappa shape index (κ2) is 6.91. The van der Waals surface area contributed by atoms with Gasteiger partial charge in [-0.25, -0.2) is 12.8 Å². The van der Waals surface area contributed by atoms with Gasteiger partial charge in [0.2, 0.25) is 10.0 Å². The van der Waals surface area contributed by atoms with Gasteiger partial charge in [0.25, 0.3) is 0 Å². The van der Waals surface area contributed by atoms with Gasteiger partial charge >= 0.3 is 0 Å². The molecule has 0 bridgehead atoms. The second-order valence-electron chi connectivity index (χ2n) is 7.07. The van der Waals surface area contributed by atoms with E-state index in [1.165, 1.54) is 25.0 Å². The quantitative estimate of drug-likeness (QED) is 0.819. The molecule has 2 aromatic rings. The van der Waals surface area contributed by atoms with Crippen LogP contribution in [0.2, 0.25) is 0 Å². The first-order valence-corrected chi connectivity index (χ1v) is 10.8. The number of benzene rings is 2. The highest BCUT2D eigenvalue weighted by molar-refractivity contribution is 7.92. The van der Waals surface area contributed by atoms with Crippen molar-refractivity contribution in [2.45, 2.75) is 31.4 Å². The fourth-order valence-electron chi connectivity index (χ4n) is 3.86. The van der Waals surface area contributed by atoms with Crippen LogP contribution in [0.1, 0.15) is 30.4 Å². The van der Waals surface area contributed by atoms with Crippen LogP contribution in [0.25, 0.3) is 0 Å². The highest BCUT2D eigenvalue weighted by atomic mass is 32.2. The van der Waals surface area contributed by atoms with Crippen molar-refractivity contribution >= 4 is 21.4 Å². The third kappa shape index (κ3) is 3.43. The summed E-state index contributed by atoms with van der Waals surface area (Å²) < 4.78 is 40.8. The lowest BCUT2D eigenvalue weighted by atomic mass is 10.0. The van der Waals surface area contributed by atoms with E-state index in [9.17, 15) is 12.8 Å². The molecule has 0 saturated carbocycles. The van der Waals surface area contributed by atoms with Crippen LogP contribution < -0.4 is 9.21 Å². The van der Waals surface area contributed by atoms with Gasteiger partial charge in [-0.15, -0.1) is 0 Å². The molecule has 0 N–H and O–H groups in total. The molecule has 138 valence electrons. The maximum absolute atomic E-state index is 13.1. The van der Waals surface area contributed by atoms with Crippen molar-refractivity contribution in [1.29, 1.82) is 0 Å². The van der Waals surface area contributed by atoms with Crippen LogP contribution in [-0.4, -0.2) is 28.1 Å². The molecular formula is C20H23FN2O2S. The standard InChI is InChI=1S/C20H23FN2O2S/c21-18-8-5-16(6-9-18)15-26(24,25)23-13-3-4-17-7-10-19(14-20(17)23)22-11-1-2-12-22/h5-10,14H,1-4,11-13,15H2. The van der Waals surface area contributed by atoms with Crippen LogP contribution in [-0.2, 0) is 22.2 Å². The third-order valence-electron chi connectivity index (χ3n) is 5.21. The number of aryl methyl sites for hydroxylation is 1. The third-order valence-corrected chi connectivity index (χ3v) is 6.96. The zero-order valence-corrected chi connectivity index (χ0v) is 15.5. The number of halogens is 1. The molecule has 2 aromatic carbocycles. The van der Waals surface area contributed by atoms with Crippen molar-refractivity contribution < 1.29 is 12.8 Å². The minimum atomic E-state index is -3.51. The Balaban J connectivity index is 1.65. The summed E-state index contributed by atoms with van der Waals surface area (Å²) in [6.07, 6.45) is 4.09. The van der Waals surface area contributed by atoms with Crippen molar-refractivity contribution in [3.05, 3.63) is 59.4 Å². The molecular weight excluding hydrogens is 351 g/mol. The van der Waals surface area contributed by atoms with Gasteiger partial charge in [-0.05, 0) is 61.1 Å². The van der Waals surface area contributed by atoms with Gasteiger partial charge in [-0.2, -0.15) is 0 Å². The van der Waals surface area contributed by atoms with Crippen molar-refractivity contribution in [2.75, 3.05) is 28.8 Å². The Bertz CT molecular complexity index is 891. The van der Waals surface area contributed by atoms with E-state index >= 15 is 0 Å². The van der Waals surface area contributed by atoms with Gasteiger partial charge in [-0.3, -0.25) is 4.31 Å². The van der Waals surface area contributed by atoms with Crippen LogP contribution in [0.15, 0.2) is 42.5 Å². The first-order valence-electron chi connectivity index (χ1n) is 9.16. The van der Waals surface area contributed by atoms with E-state index in [2.05, 4.69) is 17.0 Å². The van der Waals surface area contributed by atoms with Gasteiger partial charge in [-0.1, -0.05) is 18.2 Å². The second-order valence-corrected chi connectivity index (χ2v) is 8.96. The number of anilines is 2. The molecule has 1 fully saturated rings. The molecule has 1 saturated heterocycles. The fraction of sp³-hybridized carbons (Fsp3) is 0.400. The average Bonchev–Trinajstić information content (AvgIpc) is 3.17. The smallest absolute Gasteiger partial charge is 0.239 e. The minimum absolute atomic E-state index is 0.110. The topological polar surface area (TPSA) is 40.6 Å². The number of hydrogen-bond donors (Lipinski definition) is 0. The predicted molar refractivity (Wildman–Crippen MR) is 103 cm³/mol. The lowest BCUT2D eigenvalue weighted by Crippen LogP contribution is -2.36. The Morgan fingerprint density at radius 3 is 2.38 bits per heavy atom. The largest absolute Gasteiger partial charge is 0.371 e. The first kappa shape index (κ1) is 17.3. The summed E-state index contributed by atoms with van der Waals surface area (Å²) in [7, 11) is -3.51. The fourth-order valence-corrected chi connectivity index (χ4v) is 5.51. The molecule has 2 aliphatic rings. The Kier molecular flexibility index (Phi) is 4.61. The lowest BCUT2D eigenvalue weighted by Gasteiger charge is -2.32. The number of hydrogen-bond acceptors (Lipinski definition) is 3. The van der Waals surface area contributed by atoms with Crippen molar-refractivity contribution in [2.24, 2.45) is 0 Å². The van der Waals surface area contributed by atoms with E-state index in [-0.39, 0.29) is 11.6 Å². The van der Waals surface area contributed by atoms with E-state index < -0.39 is 10.0 Å². The molecule has 4 nitrogen and oxygen atoms in total. The van der Waals surface area contributed by atoms with Crippen LogP contribution in [0.4, 0.5) is 15.8 Å². The Hall–Kier alpha value is -2.08. The van der Waals surface area contributed by atoms with Crippen molar-refractivity contribution in [1.82, 2.24) is 0 Å². The molecule has 0 spiro atoms. The molecule has 0 radical (unpaired) electrons. The minimum Gasteiger partial charge on any atom is -0.371 e. The van der Waals surface area contributed by atoms with Gasteiger partial charge in [0, 0.05) is 25.3 Å². The van der Waals surface area contributed by atoms with Crippen molar-refractivity contribution in [3.8, 4) is 0 Å². The Morgan fingerprint density at radius 2 is 1.65 bits per heavy atom. The summed E-state index contributed by atoms with van der Waals surface area (Å²) in [5, 5.41) is 0. The summed E-state index contributed by atoms with van der Waals surface area (Å²) in [6.45, 7) is 2.56. The zero-order chi connectivity index (χ0) is 18.1. The molecule has 4 rings (SSSR count). The monoisotopic (exact) mass is 374 g/mol. The molecule has 0 amide bonds. The zero-order valence-electron chi connectivity index (χ0n) is 14.7. The van der Waals surface area contributed by atoms with E-state index in [0.717, 1.165) is 42.9 Å². The van der Waals surface area contributed by atoms with Gasteiger partial charge in [0.1, 0.15) is 5.82 Å². The summed E-state index contributed by atoms with van der Waals surface area (Å²) in [6, 6.07) is 11.9. The molecule has 0 unspecified atom stereocenters. The predicted octanol–water partition coefficient (Wildman–Crippen LogP) is 3.71. The van der Waals surface area contributed by atoms with Crippen LogP contribution >= 0.6 is 0 Å². The van der Waals surface area contributed by atoms with E-state index in [0.29, 0.717) is 12.1 Å². The first-order chi connectivity index (χ1) is 12.5. The molecule has 2 heterocycles.